The third-order valence-electron chi connectivity index (χ3n) is 4.82. The Kier molecular flexibility index (Phi) is 5.72. The van der Waals surface area contributed by atoms with E-state index in [-0.39, 0.29) is 5.91 Å². The topological polar surface area (TPSA) is 66.5 Å². The van der Waals surface area contributed by atoms with Gasteiger partial charge in [0.15, 0.2) is 0 Å². The number of para-hydroxylation sites is 2. The number of aryl methyl sites for hydroxylation is 1. The van der Waals surface area contributed by atoms with Crippen LogP contribution in [-0.2, 0) is 4.74 Å². The van der Waals surface area contributed by atoms with Crippen LogP contribution in [0.2, 0.25) is 0 Å². The molecule has 148 valence electrons. The van der Waals surface area contributed by atoms with Gasteiger partial charge >= 0.3 is 0 Å². The average Bonchev–Trinajstić information content (AvgIpc) is 2.75. The Bertz CT molecular complexity index is 982. The van der Waals surface area contributed by atoms with Gasteiger partial charge in [-0.1, -0.05) is 24.3 Å². The van der Waals surface area contributed by atoms with Gasteiger partial charge in [0.2, 0.25) is 0 Å². The summed E-state index contributed by atoms with van der Waals surface area (Å²) < 4.78 is 5.45. The fraction of sp³-hybridized carbons (Fsp3) is 0.217. The third-order valence-corrected chi connectivity index (χ3v) is 4.82. The molecule has 0 atom stereocenters. The Morgan fingerprint density at radius 1 is 1.03 bits per heavy atom. The Morgan fingerprint density at radius 3 is 2.62 bits per heavy atom. The standard InChI is InChI=1S/C23H24N4O2/c1-17-5-4-6-19(15-17)25-23(28)18-9-10-22(24-16-18)26-20-7-2-3-8-21(20)27-11-13-29-14-12-27/h2-10,15-16H,11-14H2,1H3,(H,24,26)(H,25,28). The number of hydrogen-bond donors (Lipinski definition) is 2. The first-order chi connectivity index (χ1) is 14.2. The van der Waals surface area contributed by atoms with E-state index >= 15 is 0 Å². The van der Waals surface area contributed by atoms with Crippen molar-refractivity contribution >= 4 is 28.8 Å². The number of nitrogens with zero attached hydrogens (tertiary/aromatic N) is 2. The number of carbonyl (C=O) groups is 1. The van der Waals surface area contributed by atoms with Crippen LogP contribution in [0.4, 0.5) is 22.9 Å². The fourth-order valence-electron chi connectivity index (χ4n) is 3.33. The van der Waals surface area contributed by atoms with E-state index in [0.29, 0.717) is 11.4 Å². The molecule has 2 aromatic carbocycles. The van der Waals surface area contributed by atoms with Gasteiger partial charge in [-0.25, -0.2) is 4.98 Å². The van der Waals surface area contributed by atoms with Crippen molar-refractivity contribution in [3.05, 3.63) is 78.0 Å². The zero-order valence-corrected chi connectivity index (χ0v) is 16.4. The van der Waals surface area contributed by atoms with Crippen molar-refractivity contribution < 1.29 is 9.53 Å². The fourth-order valence-corrected chi connectivity index (χ4v) is 3.33. The summed E-state index contributed by atoms with van der Waals surface area (Å²) in [5, 5.41) is 6.27. The third kappa shape index (κ3) is 4.73. The second kappa shape index (κ2) is 8.75. The minimum absolute atomic E-state index is 0.177. The smallest absolute Gasteiger partial charge is 0.257 e. The molecule has 1 aliphatic heterocycles. The Morgan fingerprint density at radius 2 is 1.86 bits per heavy atom. The molecule has 1 fully saturated rings. The van der Waals surface area contributed by atoms with Gasteiger partial charge in [-0.2, -0.15) is 0 Å². The van der Waals surface area contributed by atoms with Gasteiger partial charge in [-0.05, 0) is 48.9 Å². The van der Waals surface area contributed by atoms with Crippen molar-refractivity contribution in [1.82, 2.24) is 4.98 Å². The summed E-state index contributed by atoms with van der Waals surface area (Å²) in [6, 6.07) is 19.5. The summed E-state index contributed by atoms with van der Waals surface area (Å²) in [5.41, 5.74) is 4.49. The molecule has 0 spiro atoms. The molecule has 1 aliphatic rings. The highest BCUT2D eigenvalue weighted by Crippen LogP contribution is 2.28. The van der Waals surface area contributed by atoms with Gasteiger partial charge in [0.05, 0.1) is 30.2 Å². The highest BCUT2D eigenvalue weighted by molar-refractivity contribution is 6.04. The van der Waals surface area contributed by atoms with Crippen LogP contribution in [0.1, 0.15) is 15.9 Å². The van der Waals surface area contributed by atoms with Crippen LogP contribution in [0.3, 0.4) is 0 Å². The molecule has 1 aromatic heterocycles. The first kappa shape index (κ1) is 19.0. The van der Waals surface area contributed by atoms with E-state index in [2.05, 4.69) is 26.6 Å². The second-order valence-corrected chi connectivity index (χ2v) is 7.00. The molecule has 29 heavy (non-hydrogen) atoms. The summed E-state index contributed by atoms with van der Waals surface area (Å²) in [4.78, 5) is 19.2. The number of carbonyl (C=O) groups excluding carboxylic acids is 1. The van der Waals surface area contributed by atoms with Crippen molar-refractivity contribution in [2.45, 2.75) is 6.92 Å². The van der Waals surface area contributed by atoms with Crippen LogP contribution < -0.4 is 15.5 Å². The molecule has 1 saturated heterocycles. The number of ether oxygens (including phenoxy) is 1. The summed E-state index contributed by atoms with van der Waals surface area (Å²) in [6.07, 6.45) is 1.59. The molecule has 0 bridgehead atoms. The molecule has 3 aromatic rings. The molecule has 0 saturated carbocycles. The molecule has 2 N–H and O–H groups in total. The molecule has 0 unspecified atom stereocenters. The van der Waals surface area contributed by atoms with E-state index in [0.717, 1.165) is 48.9 Å². The van der Waals surface area contributed by atoms with E-state index in [4.69, 9.17) is 4.74 Å². The van der Waals surface area contributed by atoms with Crippen LogP contribution in [0, 0.1) is 6.92 Å². The largest absolute Gasteiger partial charge is 0.378 e. The molecule has 6 heteroatoms. The predicted molar refractivity (Wildman–Crippen MR) is 116 cm³/mol. The monoisotopic (exact) mass is 388 g/mol. The maximum absolute atomic E-state index is 12.5. The van der Waals surface area contributed by atoms with E-state index in [1.54, 1.807) is 12.3 Å². The van der Waals surface area contributed by atoms with E-state index < -0.39 is 0 Å². The number of morpholine rings is 1. The Balaban J connectivity index is 1.45. The van der Waals surface area contributed by atoms with Gasteiger partial charge in [-0.15, -0.1) is 0 Å². The quantitative estimate of drug-likeness (QED) is 0.685. The SMILES string of the molecule is Cc1cccc(NC(=O)c2ccc(Nc3ccccc3N3CCOCC3)nc2)c1. The number of aromatic nitrogens is 1. The summed E-state index contributed by atoms with van der Waals surface area (Å²) >= 11 is 0. The lowest BCUT2D eigenvalue weighted by atomic mass is 10.2. The number of nitrogens with one attached hydrogen (secondary N) is 2. The lowest BCUT2D eigenvalue weighted by Gasteiger charge is -2.30. The second-order valence-electron chi connectivity index (χ2n) is 7.00. The van der Waals surface area contributed by atoms with Crippen molar-refractivity contribution in [2.24, 2.45) is 0 Å². The first-order valence-electron chi connectivity index (χ1n) is 9.72. The van der Waals surface area contributed by atoms with Gasteiger partial charge in [0, 0.05) is 25.0 Å². The maximum Gasteiger partial charge on any atom is 0.257 e. The van der Waals surface area contributed by atoms with Gasteiger partial charge in [-0.3, -0.25) is 4.79 Å². The molecule has 4 rings (SSSR count). The van der Waals surface area contributed by atoms with Crippen LogP contribution in [-0.4, -0.2) is 37.2 Å². The first-order valence-corrected chi connectivity index (χ1v) is 9.72. The maximum atomic E-state index is 12.5. The van der Waals surface area contributed by atoms with Crippen LogP contribution in [0.15, 0.2) is 66.9 Å². The van der Waals surface area contributed by atoms with E-state index in [1.165, 1.54) is 0 Å². The number of pyridine rings is 1. The van der Waals surface area contributed by atoms with Crippen molar-refractivity contribution in [3.8, 4) is 0 Å². The van der Waals surface area contributed by atoms with Crippen molar-refractivity contribution in [2.75, 3.05) is 41.8 Å². The van der Waals surface area contributed by atoms with E-state index in [9.17, 15) is 4.79 Å². The van der Waals surface area contributed by atoms with Gasteiger partial charge < -0.3 is 20.3 Å². The van der Waals surface area contributed by atoms with Crippen LogP contribution >= 0.6 is 0 Å². The minimum atomic E-state index is -0.177. The number of hydrogen-bond acceptors (Lipinski definition) is 5. The van der Waals surface area contributed by atoms with Gasteiger partial charge in [0.1, 0.15) is 5.82 Å². The predicted octanol–water partition coefficient (Wildman–Crippen LogP) is 4.22. The molecule has 6 nitrogen and oxygen atoms in total. The molecule has 0 radical (unpaired) electrons. The van der Waals surface area contributed by atoms with Crippen molar-refractivity contribution in [3.63, 3.8) is 0 Å². The summed E-state index contributed by atoms with van der Waals surface area (Å²) in [5.74, 6) is 0.515. The number of benzene rings is 2. The molecular weight excluding hydrogens is 364 g/mol. The average molecular weight is 388 g/mol. The molecular formula is C23H24N4O2. The summed E-state index contributed by atoms with van der Waals surface area (Å²) in [6.45, 7) is 5.19. The number of rotatable bonds is 5. The molecule has 2 heterocycles. The van der Waals surface area contributed by atoms with Crippen LogP contribution in [0.25, 0.3) is 0 Å². The lowest BCUT2D eigenvalue weighted by Crippen LogP contribution is -2.36. The Hall–Kier alpha value is -3.38. The Labute approximate surface area is 170 Å². The zero-order chi connectivity index (χ0) is 20.1. The van der Waals surface area contributed by atoms with Gasteiger partial charge in [0.25, 0.3) is 5.91 Å². The normalized spacial score (nSPS) is 13.8. The highest BCUT2D eigenvalue weighted by Gasteiger charge is 2.15. The lowest BCUT2D eigenvalue weighted by molar-refractivity contribution is 0.102. The highest BCUT2D eigenvalue weighted by atomic mass is 16.5. The van der Waals surface area contributed by atoms with Crippen LogP contribution in [0.5, 0.6) is 0 Å². The van der Waals surface area contributed by atoms with E-state index in [1.807, 2.05) is 55.5 Å². The number of anilines is 4. The summed E-state index contributed by atoms with van der Waals surface area (Å²) in [7, 11) is 0. The minimum Gasteiger partial charge on any atom is -0.378 e. The molecule has 0 aliphatic carbocycles. The van der Waals surface area contributed by atoms with Crippen molar-refractivity contribution in [1.29, 1.82) is 0 Å². The number of amides is 1. The molecule has 1 amide bonds. The zero-order valence-electron chi connectivity index (χ0n) is 16.4.